The number of nitro groups is 1. The molecule has 0 unspecified atom stereocenters. The first-order chi connectivity index (χ1) is 13.0. The van der Waals surface area contributed by atoms with Crippen LogP contribution in [0, 0.1) is 10.1 Å². The lowest BCUT2D eigenvalue weighted by Gasteiger charge is -2.04. The van der Waals surface area contributed by atoms with Crippen molar-refractivity contribution in [3.63, 3.8) is 0 Å². The molecule has 0 atom stereocenters. The molecule has 0 bridgehead atoms. The molecule has 2 aromatic heterocycles. The van der Waals surface area contributed by atoms with E-state index in [4.69, 9.17) is 0 Å². The molecule has 0 aliphatic rings. The minimum Gasteiger partial charge on any atom is -0.329 e. The molecule has 9 nitrogen and oxygen atoms in total. The van der Waals surface area contributed by atoms with Crippen LogP contribution in [0.15, 0.2) is 70.3 Å². The Morgan fingerprint density at radius 2 is 2.07 bits per heavy atom. The third-order valence-electron chi connectivity index (χ3n) is 3.48. The van der Waals surface area contributed by atoms with Crippen LogP contribution in [0.4, 0.5) is 5.69 Å². The summed E-state index contributed by atoms with van der Waals surface area (Å²) >= 11 is 1.20. The highest BCUT2D eigenvalue weighted by molar-refractivity contribution is 7.99. The molecule has 136 valence electrons. The highest BCUT2D eigenvalue weighted by Crippen LogP contribution is 2.34. The summed E-state index contributed by atoms with van der Waals surface area (Å²) in [6.07, 6.45) is 7.74. The molecule has 1 N–H and O–H groups in total. The van der Waals surface area contributed by atoms with Gasteiger partial charge in [-0.3, -0.25) is 19.9 Å². The number of nitrogens with one attached hydrogen (secondary N) is 1. The van der Waals surface area contributed by atoms with Crippen LogP contribution in [0.5, 0.6) is 0 Å². The van der Waals surface area contributed by atoms with Crippen molar-refractivity contribution in [1.29, 1.82) is 0 Å². The second-order valence-electron chi connectivity index (χ2n) is 5.34. The zero-order valence-corrected chi connectivity index (χ0v) is 15.0. The number of aromatic nitrogens is 3. The fourth-order valence-electron chi connectivity index (χ4n) is 2.13. The van der Waals surface area contributed by atoms with Gasteiger partial charge in [0.25, 0.3) is 11.6 Å². The zero-order valence-electron chi connectivity index (χ0n) is 14.1. The van der Waals surface area contributed by atoms with Gasteiger partial charge in [-0.05, 0) is 30.0 Å². The van der Waals surface area contributed by atoms with Crippen molar-refractivity contribution in [2.24, 2.45) is 12.1 Å². The molecule has 10 heteroatoms. The highest BCUT2D eigenvalue weighted by Gasteiger charge is 2.17. The molecule has 0 aliphatic heterocycles. The summed E-state index contributed by atoms with van der Waals surface area (Å²) in [4.78, 5) is 31.3. The standard InChI is InChI=1S/C17H14N6O3S/c1-22-9-8-19-17(22)27-15-3-2-12(10-14(15)23(25)26)11-20-21-16(24)13-4-6-18-7-5-13/h2-11H,1H3,(H,21,24)/b20-11+. The molecule has 1 aromatic carbocycles. The summed E-state index contributed by atoms with van der Waals surface area (Å²) in [5, 5.41) is 15.9. The van der Waals surface area contributed by atoms with Crippen molar-refractivity contribution in [2.75, 3.05) is 0 Å². The Morgan fingerprint density at radius 1 is 1.30 bits per heavy atom. The lowest BCUT2D eigenvalue weighted by Crippen LogP contribution is -2.17. The Morgan fingerprint density at radius 3 is 2.74 bits per heavy atom. The molecule has 3 rings (SSSR count). The summed E-state index contributed by atoms with van der Waals surface area (Å²) in [5.41, 5.74) is 3.21. The number of rotatable bonds is 6. The van der Waals surface area contributed by atoms with Crippen LogP contribution in [0.3, 0.4) is 0 Å². The van der Waals surface area contributed by atoms with E-state index in [2.05, 4.69) is 20.5 Å². The van der Waals surface area contributed by atoms with Crippen LogP contribution in [0.25, 0.3) is 0 Å². The largest absolute Gasteiger partial charge is 0.329 e. The van der Waals surface area contributed by atoms with E-state index in [0.717, 1.165) is 0 Å². The normalized spacial score (nSPS) is 10.9. The van der Waals surface area contributed by atoms with Crippen molar-refractivity contribution in [2.45, 2.75) is 10.1 Å². The monoisotopic (exact) mass is 382 g/mol. The lowest BCUT2D eigenvalue weighted by atomic mass is 10.2. The molecular formula is C17H14N6O3S. The third kappa shape index (κ3) is 4.55. The fourth-order valence-corrected chi connectivity index (χ4v) is 3.01. The number of nitrogens with zero attached hydrogens (tertiary/aromatic N) is 5. The van der Waals surface area contributed by atoms with Crippen LogP contribution in [-0.4, -0.2) is 31.6 Å². The van der Waals surface area contributed by atoms with Crippen LogP contribution in [0.2, 0.25) is 0 Å². The number of hydrogen-bond acceptors (Lipinski definition) is 7. The van der Waals surface area contributed by atoms with E-state index >= 15 is 0 Å². The molecule has 0 aliphatic carbocycles. The molecule has 3 aromatic rings. The molecule has 27 heavy (non-hydrogen) atoms. The van der Waals surface area contributed by atoms with Gasteiger partial charge in [-0.2, -0.15) is 5.10 Å². The Balaban J connectivity index is 1.75. The van der Waals surface area contributed by atoms with E-state index in [1.165, 1.54) is 36.4 Å². The first-order valence-electron chi connectivity index (χ1n) is 7.71. The topological polar surface area (TPSA) is 115 Å². The summed E-state index contributed by atoms with van der Waals surface area (Å²) in [6.45, 7) is 0. The number of carbonyl (C=O) groups is 1. The van der Waals surface area contributed by atoms with E-state index in [1.807, 2.05) is 7.05 Å². The maximum atomic E-state index is 11.9. The van der Waals surface area contributed by atoms with E-state index in [-0.39, 0.29) is 5.69 Å². The zero-order chi connectivity index (χ0) is 19.2. The quantitative estimate of drug-likeness (QED) is 0.398. The van der Waals surface area contributed by atoms with Gasteiger partial charge in [0.2, 0.25) is 0 Å². The second-order valence-corrected chi connectivity index (χ2v) is 6.35. The van der Waals surface area contributed by atoms with Crippen LogP contribution in [0.1, 0.15) is 15.9 Å². The Bertz CT molecular complexity index is 1000. The van der Waals surface area contributed by atoms with E-state index in [0.29, 0.717) is 21.2 Å². The first kappa shape index (κ1) is 18.3. The summed E-state index contributed by atoms with van der Waals surface area (Å²) in [6, 6.07) is 7.82. The Kier molecular flexibility index (Phi) is 5.57. The summed E-state index contributed by atoms with van der Waals surface area (Å²) < 4.78 is 1.78. The SMILES string of the molecule is Cn1ccnc1Sc1ccc(/C=N/NC(=O)c2ccncc2)cc1[N+](=O)[O-]. The molecule has 1 amide bonds. The fraction of sp³-hybridized carbons (Fsp3) is 0.0588. The van der Waals surface area contributed by atoms with Crippen molar-refractivity contribution in [3.8, 4) is 0 Å². The smallest absolute Gasteiger partial charge is 0.283 e. The number of benzene rings is 1. The number of carbonyl (C=O) groups excluding carboxylic acids is 1. The third-order valence-corrected chi connectivity index (χ3v) is 4.62. The molecule has 0 radical (unpaired) electrons. The Hall–Kier alpha value is -3.53. The molecule has 2 heterocycles. The lowest BCUT2D eigenvalue weighted by molar-refractivity contribution is -0.387. The number of imidazole rings is 1. The predicted molar refractivity (Wildman–Crippen MR) is 99.7 cm³/mol. The number of nitro benzene ring substituents is 1. The number of hydrogen-bond donors (Lipinski definition) is 1. The average molecular weight is 382 g/mol. The summed E-state index contributed by atoms with van der Waals surface area (Å²) in [5.74, 6) is -0.398. The van der Waals surface area contributed by atoms with Gasteiger partial charge in [0.1, 0.15) is 0 Å². The van der Waals surface area contributed by atoms with Crippen LogP contribution < -0.4 is 5.43 Å². The number of pyridine rings is 1. The molecule has 0 spiro atoms. The summed E-state index contributed by atoms with van der Waals surface area (Å²) in [7, 11) is 1.81. The molecule has 0 saturated carbocycles. The minimum absolute atomic E-state index is 0.0626. The van der Waals surface area contributed by atoms with Gasteiger partial charge in [-0.1, -0.05) is 6.07 Å². The number of amides is 1. The van der Waals surface area contributed by atoms with E-state index in [1.54, 1.807) is 41.2 Å². The van der Waals surface area contributed by atoms with Crippen LogP contribution in [-0.2, 0) is 7.05 Å². The van der Waals surface area contributed by atoms with Gasteiger partial charge in [-0.15, -0.1) is 0 Å². The maximum Gasteiger partial charge on any atom is 0.283 e. The van der Waals surface area contributed by atoms with Gasteiger partial charge in [0, 0.05) is 49.0 Å². The van der Waals surface area contributed by atoms with Crippen LogP contribution >= 0.6 is 11.8 Å². The van der Waals surface area contributed by atoms with Gasteiger partial charge < -0.3 is 4.57 Å². The number of aryl methyl sites for hydroxylation is 1. The minimum atomic E-state index is -0.460. The van der Waals surface area contributed by atoms with E-state index in [9.17, 15) is 14.9 Å². The maximum absolute atomic E-state index is 11.9. The van der Waals surface area contributed by atoms with Crippen molar-refractivity contribution < 1.29 is 9.72 Å². The highest BCUT2D eigenvalue weighted by atomic mass is 32.2. The molecule has 0 fully saturated rings. The average Bonchev–Trinajstić information content (AvgIpc) is 3.08. The van der Waals surface area contributed by atoms with Crippen molar-refractivity contribution >= 4 is 29.6 Å². The Labute approximate surface area is 158 Å². The van der Waals surface area contributed by atoms with Gasteiger partial charge in [0.15, 0.2) is 5.16 Å². The first-order valence-corrected chi connectivity index (χ1v) is 8.53. The van der Waals surface area contributed by atoms with Crippen molar-refractivity contribution in [3.05, 3.63) is 76.4 Å². The van der Waals surface area contributed by atoms with Gasteiger partial charge in [-0.25, -0.2) is 10.4 Å². The van der Waals surface area contributed by atoms with Gasteiger partial charge in [0.05, 0.1) is 16.0 Å². The predicted octanol–water partition coefficient (Wildman–Crippen LogP) is 2.64. The van der Waals surface area contributed by atoms with Crippen molar-refractivity contribution in [1.82, 2.24) is 20.0 Å². The molecular weight excluding hydrogens is 368 g/mol. The van der Waals surface area contributed by atoms with Gasteiger partial charge >= 0.3 is 0 Å². The second kappa shape index (κ2) is 8.23. The number of hydrazone groups is 1. The van der Waals surface area contributed by atoms with E-state index < -0.39 is 10.8 Å². The molecule has 0 saturated heterocycles.